The van der Waals surface area contributed by atoms with Crippen molar-refractivity contribution in [1.82, 2.24) is 0 Å². The Bertz CT molecular complexity index is 352. The van der Waals surface area contributed by atoms with Gasteiger partial charge in [0.25, 0.3) is 0 Å². The number of benzene rings is 1. The van der Waals surface area contributed by atoms with Crippen LogP contribution < -0.4 is 0 Å². The molecule has 0 aliphatic heterocycles. The summed E-state index contributed by atoms with van der Waals surface area (Å²) in [6.45, 7) is 0. The molecule has 1 rings (SSSR count). The van der Waals surface area contributed by atoms with Gasteiger partial charge in [-0.05, 0) is 30.5 Å². The first-order valence-electron chi connectivity index (χ1n) is 4.69. The maximum atomic E-state index is 12.8. The fourth-order valence-corrected chi connectivity index (χ4v) is 1.25. The Morgan fingerprint density at radius 2 is 2.07 bits per heavy atom. The van der Waals surface area contributed by atoms with Crippen LogP contribution in [0, 0.1) is 17.0 Å². The minimum absolute atomic E-state index is 0.206. The number of rotatable bonds is 4. The second-order valence-corrected chi connectivity index (χ2v) is 3.23. The van der Waals surface area contributed by atoms with Crippen LogP contribution in [-0.4, -0.2) is 13.0 Å². The van der Waals surface area contributed by atoms with E-state index in [0.29, 0.717) is 19.3 Å². The molecule has 0 spiro atoms. The van der Waals surface area contributed by atoms with Gasteiger partial charge in [-0.25, -0.2) is 8.78 Å². The average Bonchev–Trinajstić information content (AvgIpc) is 2.23. The van der Waals surface area contributed by atoms with Crippen molar-refractivity contribution in [2.24, 2.45) is 0 Å². The third kappa shape index (κ3) is 3.65. The van der Waals surface area contributed by atoms with Crippen molar-refractivity contribution < 1.29 is 13.5 Å². The lowest BCUT2D eigenvalue weighted by Crippen LogP contribution is -1.99. The zero-order valence-electron chi connectivity index (χ0n) is 8.52. The molecule has 2 nitrogen and oxygen atoms in total. The standard InChI is InChI=1S/C11H13F2NO/c1-15-11(14)4-2-3-8-5-6-9(12)10(13)7-8/h5-7,14H,2-4H2,1H3. The monoisotopic (exact) mass is 213 g/mol. The Kier molecular flexibility index (Phi) is 4.21. The molecule has 0 amide bonds. The van der Waals surface area contributed by atoms with Crippen molar-refractivity contribution in [1.29, 1.82) is 5.41 Å². The topological polar surface area (TPSA) is 33.1 Å². The summed E-state index contributed by atoms with van der Waals surface area (Å²) in [6, 6.07) is 3.85. The molecular weight excluding hydrogens is 200 g/mol. The van der Waals surface area contributed by atoms with Gasteiger partial charge in [0.15, 0.2) is 17.5 Å². The van der Waals surface area contributed by atoms with E-state index in [1.54, 1.807) is 6.07 Å². The molecule has 1 aromatic carbocycles. The summed E-state index contributed by atoms with van der Waals surface area (Å²) in [5.41, 5.74) is 0.734. The smallest absolute Gasteiger partial charge is 0.180 e. The lowest BCUT2D eigenvalue weighted by molar-refractivity contribution is 0.384. The summed E-state index contributed by atoms with van der Waals surface area (Å²) in [6.07, 6.45) is 1.82. The molecule has 15 heavy (non-hydrogen) atoms. The summed E-state index contributed by atoms with van der Waals surface area (Å²) in [5.74, 6) is -1.45. The molecule has 0 aliphatic rings. The van der Waals surface area contributed by atoms with Crippen molar-refractivity contribution in [2.45, 2.75) is 19.3 Å². The van der Waals surface area contributed by atoms with Crippen LogP contribution in [0.2, 0.25) is 0 Å². The van der Waals surface area contributed by atoms with E-state index in [9.17, 15) is 8.78 Å². The van der Waals surface area contributed by atoms with Crippen LogP contribution in [-0.2, 0) is 11.2 Å². The minimum Gasteiger partial charge on any atom is -0.484 e. The fraction of sp³-hybridized carbons (Fsp3) is 0.364. The van der Waals surface area contributed by atoms with Crippen molar-refractivity contribution in [3.8, 4) is 0 Å². The zero-order valence-corrected chi connectivity index (χ0v) is 8.52. The minimum atomic E-state index is -0.830. The number of ether oxygens (including phenoxy) is 1. The highest BCUT2D eigenvalue weighted by molar-refractivity contribution is 5.72. The molecule has 0 atom stereocenters. The predicted molar refractivity (Wildman–Crippen MR) is 54.0 cm³/mol. The number of hydrogen-bond donors (Lipinski definition) is 1. The van der Waals surface area contributed by atoms with Gasteiger partial charge >= 0.3 is 0 Å². The van der Waals surface area contributed by atoms with Crippen LogP contribution in [0.1, 0.15) is 18.4 Å². The molecule has 0 aromatic heterocycles. The van der Waals surface area contributed by atoms with Crippen molar-refractivity contribution in [3.05, 3.63) is 35.4 Å². The third-order valence-corrected chi connectivity index (χ3v) is 2.10. The summed E-state index contributed by atoms with van der Waals surface area (Å²) < 4.78 is 30.0. The van der Waals surface area contributed by atoms with E-state index in [2.05, 4.69) is 4.74 Å². The normalized spacial score (nSPS) is 10.1. The quantitative estimate of drug-likeness (QED) is 0.605. The van der Waals surface area contributed by atoms with Crippen LogP contribution >= 0.6 is 0 Å². The predicted octanol–water partition coefficient (Wildman–Crippen LogP) is 2.91. The van der Waals surface area contributed by atoms with Crippen LogP contribution in [0.5, 0.6) is 0 Å². The van der Waals surface area contributed by atoms with Gasteiger partial charge in [0, 0.05) is 6.42 Å². The summed E-state index contributed by atoms with van der Waals surface area (Å²) >= 11 is 0. The van der Waals surface area contributed by atoms with E-state index in [0.717, 1.165) is 11.6 Å². The van der Waals surface area contributed by atoms with Crippen LogP contribution in [0.15, 0.2) is 18.2 Å². The Hall–Kier alpha value is -1.45. The lowest BCUT2D eigenvalue weighted by atomic mass is 10.1. The molecule has 0 radical (unpaired) electrons. The average molecular weight is 213 g/mol. The fourth-order valence-electron chi connectivity index (χ4n) is 1.25. The van der Waals surface area contributed by atoms with Gasteiger partial charge in [-0.3, -0.25) is 5.41 Å². The highest BCUT2D eigenvalue weighted by Crippen LogP contribution is 2.11. The number of methoxy groups -OCH3 is 1. The molecule has 0 heterocycles. The van der Waals surface area contributed by atoms with Gasteiger partial charge in [-0.15, -0.1) is 0 Å². The van der Waals surface area contributed by atoms with Gasteiger partial charge in [0.05, 0.1) is 7.11 Å². The maximum absolute atomic E-state index is 12.8. The number of hydrogen-bond acceptors (Lipinski definition) is 2. The van der Waals surface area contributed by atoms with E-state index in [4.69, 9.17) is 5.41 Å². The van der Waals surface area contributed by atoms with E-state index in [1.807, 2.05) is 0 Å². The summed E-state index contributed by atoms with van der Waals surface area (Å²) in [4.78, 5) is 0. The molecule has 1 aromatic rings. The van der Waals surface area contributed by atoms with E-state index in [1.165, 1.54) is 13.2 Å². The maximum Gasteiger partial charge on any atom is 0.180 e. The Morgan fingerprint density at radius 3 is 2.67 bits per heavy atom. The van der Waals surface area contributed by atoms with Gasteiger partial charge < -0.3 is 4.74 Å². The molecule has 0 saturated carbocycles. The molecular formula is C11H13F2NO. The highest BCUT2D eigenvalue weighted by Gasteiger charge is 2.03. The Morgan fingerprint density at radius 1 is 1.33 bits per heavy atom. The second-order valence-electron chi connectivity index (χ2n) is 3.23. The largest absolute Gasteiger partial charge is 0.484 e. The zero-order chi connectivity index (χ0) is 11.3. The van der Waals surface area contributed by atoms with Gasteiger partial charge in [0.2, 0.25) is 0 Å². The van der Waals surface area contributed by atoms with E-state index in [-0.39, 0.29) is 5.90 Å². The highest BCUT2D eigenvalue weighted by atomic mass is 19.2. The SMILES string of the molecule is COC(=N)CCCc1ccc(F)c(F)c1. The third-order valence-electron chi connectivity index (χ3n) is 2.10. The van der Waals surface area contributed by atoms with Gasteiger partial charge in [-0.1, -0.05) is 6.07 Å². The Labute approximate surface area is 87.4 Å². The number of nitrogens with one attached hydrogen (secondary N) is 1. The molecule has 1 N–H and O–H groups in total. The molecule has 0 unspecified atom stereocenters. The molecule has 0 fully saturated rings. The van der Waals surface area contributed by atoms with Crippen molar-refractivity contribution >= 4 is 5.90 Å². The molecule has 4 heteroatoms. The summed E-state index contributed by atoms with van der Waals surface area (Å²) in [7, 11) is 1.44. The van der Waals surface area contributed by atoms with Crippen molar-refractivity contribution in [3.63, 3.8) is 0 Å². The molecule has 0 saturated heterocycles. The van der Waals surface area contributed by atoms with Crippen molar-refractivity contribution in [2.75, 3.05) is 7.11 Å². The molecule has 0 aliphatic carbocycles. The van der Waals surface area contributed by atoms with Gasteiger partial charge in [-0.2, -0.15) is 0 Å². The van der Waals surface area contributed by atoms with Gasteiger partial charge in [0.1, 0.15) is 0 Å². The van der Waals surface area contributed by atoms with Crippen LogP contribution in [0.25, 0.3) is 0 Å². The molecule has 0 bridgehead atoms. The first kappa shape index (κ1) is 11.6. The Balaban J connectivity index is 2.44. The van der Waals surface area contributed by atoms with E-state index < -0.39 is 11.6 Å². The number of halogens is 2. The summed E-state index contributed by atoms with van der Waals surface area (Å²) in [5, 5.41) is 7.22. The van der Waals surface area contributed by atoms with E-state index >= 15 is 0 Å². The molecule has 82 valence electrons. The second kappa shape index (κ2) is 5.44. The lowest BCUT2D eigenvalue weighted by Gasteiger charge is -2.03. The first-order chi connectivity index (χ1) is 7.13. The first-order valence-corrected chi connectivity index (χ1v) is 4.69. The van der Waals surface area contributed by atoms with Crippen LogP contribution in [0.4, 0.5) is 8.78 Å². The van der Waals surface area contributed by atoms with Crippen LogP contribution in [0.3, 0.4) is 0 Å². The number of aryl methyl sites for hydroxylation is 1.